The molecule has 0 saturated carbocycles. The maximum absolute atomic E-state index is 14.2. The van der Waals surface area contributed by atoms with Crippen LogP contribution < -0.4 is 10.6 Å². The van der Waals surface area contributed by atoms with Crippen molar-refractivity contribution in [1.82, 2.24) is 25.2 Å². The van der Waals surface area contributed by atoms with Gasteiger partial charge in [0.1, 0.15) is 18.2 Å². The Bertz CT molecular complexity index is 1430. The summed E-state index contributed by atoms with van der Waals surface area (Å²) in [6, 6.07) is 15.4. The van der Waals surface area contributed by atoms with Crippen LogP contribution in [-0.2, 0) is 21.1 Å². The van der Waals surface area contributed by atoms with Crippen molar-refractivity contribution in [2.45, 2.75) is 61.4 Å². The molecular formula is C28H32N6O4S. The van der Waals surface area contributed by atoms with E-state index in [2.05, 4.69) is 20.9 Å². The monoisotopic (exact) mass is 548 g/mol. The van der Waals surface area contributed by atoms with Crippen LogP contribution in [0.15, 0.2) is 54.6 Å². The van der Waals surface area contributed by atoms with Crippen LogP contribution in [0.4, 0.5) is 5.69 Å². The highest BCUT2D eigenvalue weighted by Crippen LogP contribution is 2.71. The summed E-state index contributed by atoms with van der Waals surface area (Å²) in [6.07, 6.45) is 1.85. The summed E-state index contributed by atoms with van der Waals surface area (Å²) in [4.78, 5) is 43.5. The Balaban J connectivity index is 1.33. The van der Waals surface area contributed by atoms with Crippen LogP contribution in [0.1, 0.15) is 33.1 Å². The molecule has 10 nitrogen and oxygen atoms in total. The number of aromatic nitrogens is 3. The number of aliphatic hydroxyl groups is 1. The zero-order chi connectivity index (χ0) is 27.4. The number of carbonyl (C=O) groups is 3. The number of hydrogen-bond acceptors (Lipinski definition) is 7. The number of aliphatic hydroxyl groups excluding tert-OH is 1. The summed E-state index contributed by atoms with van der Waals surface area (Å²) in [5.41, 5.74) is 2.18. The molecule has 1 aromatic heterocycles. The van der Waals surface area contributed by atoms with Crippen molar-refractivity contribution in [2.24, 2.45) is 11.8 Å². The summed E-state index contributed by atoms with van der Waals surface area (Å²) in [5, 5.41) is 24.5. The second kappa shape index (κ2) is 9.63. The maximum Gasteiger partial charge on any atom is 0.245 e. The minimum absolute atomic E-state index is 0.0917. The molecule has 2 bridgehead atoms. The molecule has 4 heterocycles. The van der Waals surface area contributed by atoms with Crippen LogP contribution in [0.25, 0.3) is 11.0 Å². The van der Waals surface area contributed by atoms with Crippen LogP contribution in [0, 0.1) is 11.8 Å². The van der Waals surface area contributed by atoms with Crippen molar-refractivity contribution in [1.29, 1.82) is 0 Å². The maximum atomic E-state index is 14.2. The lowest BCUT2D eigenvalue weighted by molar-refractivity contribution is -0.142. The van der Waals surface area contributed by atoms with Crippen LogP contribution in [0.3, 0.4) is 0 Å². The third-order valence-corrected chi connectivity index (χ3v) is 10.7. The molecule has 3 saturated heterocycles. The first-order valence-electron chi connectivity index (χ1n) is 13.4. The third kappa shape index (κ3) is 3.93. The first-order valence-corrected chi connectivity index (χ1v) is 14.2. The van der Waals surface area contributed by atoms with E-state index in [0.29, 0.717) is 18.5 Å². The number of nitrogens with one attached hydrogen (secondary N) is 2. The van der Waals surface area contributed by atoms with E-state index in [1.165, 1.54) is 0 Å². The van der Waals surface area contributed by atoms with Crippen molar-refractivity contribution < 1.29 is 19.5 Å². The largest absolute Gasteiger partial charge is 0.394 e. The Morgan fingerprint density at radius 3 is 2.62 bits per heavy atom. The van der Waals surface area contributed by atoms with Crippen molar-refractivity contribution in [2.75, 3.05) is 11.9 Å². The molecule has 6 atom stereocenters. The highest BCUT2D eigenvalue weighted by Gasteiger charge is 2.77. The van der Waals surface area contributed by atoms with Gasteiger partial charge in [-0.2, -0.15) is 0 Å². The molecule has 204 valence electrons. The molecule has 3 amide bonds. The minimum atomic E-state index is -0.816. The average molecular weight is 549 g/mol. The van der Waals surface area contributed by atoms with E-state index in [0.717, 1.165) is 17.5 Å². The number of para-hydroxylation sites is 2. The standard InChI is InChI=1S/C28H32N6O4S/c1-3-18(15-35)34-23(25(37)29-16-33-20-12-8-7-11-19(20)31-32-33)28-14-13-27(2,39-28)21(22(28)26(34)38)24(36)30-17-9-5-4-6-10-17/h4-12,18,21-23,35H,3,13-16H2,1-2H3,(H,29,37)(H,30,36)/t18-,21-,22-,23?,27+,28?/m0/s1. The van der Waals surface area contributed by atoms with E-state index in [1.54, 1.807) is 21.3 Å². The van der Waals surface area contributed by atoms with E-state index < -0.39 is 33.4 Å². The van der Waals surface area contributed by atoms with Crippen molar-refractivity contribution in [3.8, 4) is 0 Å². The zero-order valence-electron chi connectivity index (χ0n) is 21.9. The van der Waals surface area contributed by atoms with Crippen LogP contribution in [0.5, 0.6) is 0 Å². The summed E-state index contributed by atoms with van der Waals surface area (Å²) in [6.45, 7) is 3.76. The number of benzene rings is 2. The number of carbonyl (C=O) groups excluding carboxylic acids is 3. The number of likely N-dealkylation sites (tertiary alicyclic amines) is 1. The lowest BCUT2D eigenvalue weighted by Gasteiger charge is -2.36. The Morgan fingerprint density at radius 2 is 1.87 bits per heavy atom. The zero-order valence-corrected chi connectivity index (χ0v) is 22.7. The van der Waals surface area contributed by atoms with E-state index in [1.807, 2.05) is 68.4 Å². The number of nitrogens with zero attached hydrogens (tertiary/aromatic N) is 4. The van der Waals surface area contributed by atoms with Crippen molar-refractivity contribution in [3.63, 3.8) is 0 Å². The van der Waals surface area contributed by atoms with Gasteiger partial charge in [0.25, 0.3) is 0 Å². The molecular weight excluding hydrogens is 516 g/mol. The van der Waals surface area contributed by atoms with Gasteiger partial charge >= 0.3 is 0 Å². The van der Waals surface area contributed by atoms with E-state index in [9.17, 15) is 19.5 Å². The molecule has 3 aliphatic rings. The SMILES string of the molecule is CC[C@@H](CO)N1C(=O)[C@@H]2[C@@H](C(=O)Nc3ccccc3)[C@@]3(C)CCC2(S3)C1C(=O)NCn1nnc2ccccc21. The van der Waals surface area contributed by atoms with Crippen molar-refractivity contribution >= 4 is 46.2 Å². The number of thioether (sulfide) groups is 1. The number of hydrogen-bond donors (Lipinski definition) is 3. The average Bonchev–Trinajstić information content (AvgIpc) is 3.64. The predicted molar refractivity (Wildman–Crippen MR) is 147 cm³/mol. The minimum Gasteiger partial charge on any atom is -0.394 e. The smallest absolute Gasteiger partial charge is 0.245 e. The molecule has 6 rings (SSSR count). The Labute approximate surface area is 230 Å². The van der Waals surface area contributed by atoms with E-state index in [-0.39, 0.29) is 31.0 Å². The first kappa shape index (κ1) is 25.8. The fourth-order valence-corrected chi connectivity index (χ4v) is 9.24. The van der Waals surface area contributed by atoms with Gasteiger partial charge in [-0.05, 0) is 50.5 Å². The fourth-order valence-electron chi connectivity index (χ4n) is 6.90. The van der Waals surface area contributed by atoms with Gasteiger partial charge in [0.05, 0.1) is 34.7 Å². The summed E-state index contributed by atoms with van der Waals surface area (Å²) >= 11 is 1.61. The summed E-state index contributed by atoms with van der Waals surface area (Å²) < 4.78 is 0.373. The van der Waals surface area contributed by atoms with Gasteiger partial charge in [-0.15, -0.1) is 16.9 Å². The van der Waals surface area contributed by atoms with Gasteiger partial charge in [0.15, 0.2) is 0 Å². The van der Waals surface area contributed by atoms with Crippen LogP contribution in [-0.4, -0.2) is 70.9 Å². The quantitative estimate of drug-likeness (QED) is 0.394. The second-order valence-corrected chi connectivity index (χ2v) is 12.7. The van der Waals surface area contributed by atoms with Gasteiger partial charge in [-0.3, -0.25) is 14.4 Å². The van der Waals surface area contributed by atoms with Crippen LogP contribution >= 0.6 is 11.8 Å². The lowest BCUT2D eigenvalue weighted by Crippen LogP contribution is -2.56. The Hall–Kier alpha value is -3.44. The summed E-state index contributed by atoms with van der Waals surface area (Å²) in [7, 11) is 0. The molecule has 0 aliphatic carbocycles. The van der Waals surface area contributed by atoms with Crippen LogP contribution in [0.2, 0.25) is 0 Å². The molecule has 3 aliphatic heterocycles. The molecule has 3 aromatic rings. The lowest BCUT2D eigenvalue weighted by atomic mass is 9.66. The van der Waals surface area contributed by atoms with Gasteiger partial charge in [0.2, 0.25) is 17.7 Å². The number of amides is 3. The normalized spacial score (nSPS) is 30.0. The molecule has 11 heteroatoms. The number of anilines is 1. The number of rotatable bonds is 8. The fraction of sp³-hybridized carbons (Fsp3) is 0.464. The van der Waals surface area contributed by atoms with Gasteiger partial charge in [-0.1, -0.05) is 42.5 Å². The molecule has 0 radical (unpaired) electrons. The highest BCUT2D eigenvalue weighted by molar-refractivity contribution is 8.02. The topological polar surface area (TPSA) is 129 Å². The first-order chi connectivity index (χ1) is 18.8. The Kier molecular flexibility index (Phi) is 6.38. The molecule has 3 N–H and O–H groups in total. The number of fused-ring (bicyclic) bond motifs is 2. The molecule has 2 unspecified atom stereocenters. The molecule has 39 heavy (non-hydrogen) atoms. The van der Waals surface area contributed by atoms with E-state index in [4.69, 9.17) is 0 Å². The summed E-state index contributed by atoms with van der Waals surface area (Å²) in [5.74, 6) is -2.00. The molecule has 3 fully saturated rings. The second-order valence-electron chi connectivity index (χ2n) is 10.8. The predicted octanol–water partition coefficient (Wildman–Crippen LogP) is 2.40. The Morgan fingerprint density at radius 1 is 1.13 bits per heavy atom. The van der Waals surface area contributed by atoms with Crippen molar-refractivity contribution in [3.05, 3.63) is 54.6 Å². The highest BCUT2D eigenvalue weighted by atomic mass is 32.2. The van der Waals surface area contributed by atoms with Gasteiger partial charge < -0.3 is 20.6 Å². The molecule has 2 aromatic carbocycles. The van der Waals surface area contributed by atoms with Gasteiger partial charge in [0, 0.05) is 10.4 Å². The molecule has 1 spiro atoms. The van der Waals surface area contributed by atoms with E-state index >= 15 is 0 Å². The third-order valence-electron chi connectivity index (χ3n) is 8.69. The van der Waals surface area contributed by atoms with Gasteiger partial charge in [-0.25, -0.2) is 4.68 Å².